The van der Waals surface area contributed by atoms with Crippen LogP contribution < -0.4 is 0 Å². The number of halogens is 6. The number of nitrogens with zero attached hydrogens (tertiary/aromatic N) is 3. The van der Waals surface area contributed by atoms with Gasteiger partial charge >= 0.3 is 12.4 Å². The van der Waals surface area contributed by atoms with Crippen molar-refractivity contribution in [2.75, 3.05) is 26.7 Å². The van der Waals surface area contributed by atoms with Gasteiger partial charge in [-0.25, -0.2) is 0 Å². The van der Waals surface area contributed by atoms with Gasteiger partial charge in [-0.05, 0) is 101 Å². The van der Waals surface area contributed by atoms with Gasteiger partial charge in [0.25, 0.3) is 0 Å². The summed E-state index contributed by atoms with van der Waals surface area (Å²) in [6.45, 7) is 3.87. The molecule has 1 aliphatic heterocycles. The number of hydrogen-bond acceptors (Lipinski definition) is 4. The summed E-state index contributed by atoms with van der Waals surface area (Å²) in [6, 6.07) is 0.541. The number of piperidine rings is 1. The van der Waals surface area contributed by atoms with E-state index in [4.69, 9.17) is 5.21 Å². The molecule has 1 aromatic rings. The average Bonchev–Trinajstić information content (AvgIpc) is 2.86. The Hall–Kier alpha value is -2.30. The number of alkyl halides is 6. The molecule has 1 heterocycles. The molecule has 3 rings (SSSR count). The molecule has 2 aliphatic rings. The topological polar surface area (TPSA) is 56.1 Å². The van der Waals surface area contributed by atoms with E-state index in [0.717, 1.165) is 51.7 Å². The Morgan fingerprint density at radius 2 is 1.51 bits per heavy atom. The molecule has 1 atom stereocenters. The molecule has 1 N–H and O–H groups in total. The zero-order valence-corrected chi connectivity index (χ0v) is 21.2. The summed E-state index contributed by atoms with van der Waals surface area (Å²) in [5, 5.41) is 11.7. The van der Waals surface area contributed by atoms with E-state index in [-0.39, 0.29) is 23.5 Å². The van der Waals surface area contributed by atoms with Crippen molar-refractivity contribution in [1.29, 1.82) is 0 Å². The molecule has 0 radical (unpaired) electrons. The van der Waals surface area contributed by atoms with Gasteiger partial charge in [0.05, 0.1) is 17.2 Å². The van der Waals surface area contributed by atoms with Crippen LogP contribution in [-0.2, 0) is 17.1 Å². The molecule has 1 aromatic carbocycles. The van der Waals surface area contributed by atoms with E-state index in [2.05, 4.69) is 10.1 Å². The van der Waals surface area contributed by atoms with Gasteiger partial charge in [0, 0.05) is 25.7 Å². The van der Waals surface area contributed by atoms with Crippen LogP contribution in [0.3, 0.4) is 0 Å². The van der Waals surface area contributed by atoms with Gasteiger partial charge in [-0.2, -0.15) is 26.3 Å². The second-order valence-electron chi connectivity index (χ2n) is 10.5. The minimum atomic E-state index is -4.93. The molecule has 208 valence electrons. The summed E-state index contributed by atoms with van der Waals surface area (Å²) in [5.74, 6) is 0.562. The summed E-state index contributed by atoms with van der Waals surface area (Å²) >= 11 is 0. The second kappa shape index (κ2) is 12.0. The highest BCUT2D eigenvalue weighted by molar-refractivity contribution is 5.79. The molecule has 1 amide bonds. The Kier molecular flexibility index (Phi) is 9.52. The van der Waals surface area contributed by atoms with Crippen LogP contribution in [0.4, 0.5) is 26.3 Å². The fourth-order valence-corrected chi connectivity index (χ4v) is 5.50. The maximum absolute atomic E-state index is 13.3. The quantitative estimate of drug-likeness (QED) is 0.185. The zero-order valence-electron chi connectivity index (χ0n) is 21.2. The summed E-state index contributed by atoms with van der Waals surface area (Å²) in [7, 11) is 1.44. The lowest BCUT2D eigenvalue weighted by molar-refractivity contribution is -0.143. The van der Waals surface area contributed by atoms with Crippen molar-refractivity contribution in [3.05, 3.63) is 34.9 Å². The Labute approximate surface area is 213 Å². The molecule has 5 nitrogen and oxygen atoms in total. The minimum absolute atomic E-state index is 0.101. The van der Waals surface area contributed by atoms with Crippen LogP contribution in [0.15, 0.2) is 23.4 Å². The van der Waals surface area contributed by atoms with Gasteiger partial charge in [-0.1, -0.05) is 0 Å². The maximum atomic E-state index is 13.3. The first-order valence-corrected chi connectivity index (χ1v) is 12.7. The zero-order chi connectivity index (χ0) is 27.4. The van der Waals surface area contributed by atoms with E-state index in [1.165, 1.54) is 18.9 Å². The SMILES string of the molecule is CC(c1cc(C(F)(F)F)cc(C(F)(F)F)c1)N(C)C(=O)C1CCN(CC2CCC(C/C=N/O)CC2)CC1. The van der Waals surface area contributed by atoms with Gasteiger partial charge in [0.2, 0.25) is 5.91 Å². The Bertz CT molecular complexity index is 901. The van der Waals surface area contributed by atoms with Gasteiger partial charge in [0.1, 0.15) is 0 Å². The predicted octanol–water partition coefficient (Wildman–Crippen LogP) is 6.61. The molecule has 37 heavy (non-hydrogen) atoms. The van der Waals surface area contributed by atoms with Crippen LogP contribution in [-0.4, -0.2) is 53.8 Å². The fraction of sp³-hybridized carbons (Fsp3) is 0.692. The molecule has 1 saturated heterocycles. The summed E-state index contributed by atoms with van der Waals surface area (Å²) in [4.78, 5) is 16.7. The van der Waals surface area contributed by atoms with E-state index >= 15 is 0 Å². The first-order valence-electron chi connectivity index (χ1n) is 12.7. The number of amides is 1. The second-order valence-corrected chi connectivity index (χ2v) is 10.5. The Morgan fingerprint density at radius 3 is 2.00 bits per heavy atom. The maximum Gasteiger partial charge on any atom is 0.416 e. The number of benzene rings is 1. The average molecular weight is 536 g/mol. The summed E-state index contributed by atoms with van der Waals surface area (Å²) < 4.78 is 79.5. The largest absolute Gasteiger partial charge is 0.416 e. The molecule has 0 spiro atoms. The van der Waals surface area contributed by atoms with E-state index in [0.29, 0.717) is 36.8 Å². The van der Waals surface area contributed by atoms with Crippen LogP contribution in [0, 0.1) is 17.8 Å². The van der Waals surface area contributed by atoms with Crippen LogP contribution in [0.5, 0.6) is 0 Å². The predicted molar refractivity (Wildman–Crippen MR) is 127 cm³/mol. The minimum Gasteiger partial charge on any atom is -0.411 e. The molecular formula is C26H35F6N3O2. The number of likely N-dealkylation sites (tertiary alicyclic amines) is 1. The van der Waals surface area contributed by atoms with Crippen molar-refractivity contribution in [1.82, 2.24) is 9.80 Å². The van der Waals surface area contributed by atoms with Crippen molar-refractivity contribution in [2.24, 2.45) is 22.9 Å². The van der Waals surface area contributed by atoms with Crippen molar-refractivity contribution >= 4 is 12.1 Å². The number of oxime groups is 1. The highest BCUT2D eigenvalue weighted by Crippen LogP contribution is 2.38. The van der Waals surface area contributed by atoms with E-state index < -0.39 is 29.5 Å². The smallest absolute Gasteiger partial charge is 0.411 e. The molecule has 0 aromatic heterocycles. The van der Waals surface area contributed by atoms with Crippen LogP contribution in [0.25, 0.3) is 0 Å². The third-order valence-corrected chi connectivity index (χ3v) is 7.96. The van der Waals surface area contributed by atoms with Crippen molar-refractivity contribution in [2.45, 2.75) is 70.3 Å². The lowest BCUT2D eigenvalue weighted by atomic mass is 9.80. The number of carbonyl (C=O) groups excluding carboxylic acids is 1. The molecule has 2 fully saturated rings. The van der Waals surface area contributed by atoms with E-state index in [9.17, 15) is 31.1 Å². The van der Waals surface area contributed by atoms with Crippen LogP contribution in [0.1, 0.15) is 74.6 Å². The van der Waals surface area contributed by atoms with E-state index in [1.54, 1.807) is 6.21 Å². The highest BCUT2D eigenvalue weighted by Gasteiger charge is 2.38. The lowest BCUT2D eigenvalue weighted by Crippen LogP contribution is -2.43. The van der Waals surface area contributed by atoms with Gasteiger partial charge in [0.15, 0.2) is 0 Å². The number of hydrogen-bond donors (Lipinski definition) is 1. The first-order chi connectivity index (χ1) is 17.3. The third kappa shape index (κ3) is 7.85. The van der Waals surface area contributed by atoms with Crippen molar-refractivity contribution < 1.29 is 36.3 Å². The highest BCUT2D eigenvalue weighted by atomic mass is 19.4. The summed E-state index contributed by atoms with van der Waals surface area (Å²) in [5.41, 5.74) is -2.96. The standard InChI is InChI=1S/C26H35F6N3O2/c1-17(21-13-22(25(27,28)29)15-23(14-21)26(30,31)32)34(2)24(36)20-8-11-35(12-9-20)16-19-5-3-18(4-6-19)7-10-33-37/h10,13-15,17-20,37H,3-9,11-12,16H2,1-2H3/b33-10+. The van der Waals surface area contributed by atoms with Crippen LogP contribution >= 0.6 is 0 Å². The van der Waals surface area contributed by atoms with Gasteiger partial charge in [-0.15, -0.1) is 5.16 Å². The molecular weight excluding hydrogens is 500 g/mol. The molecule has 0 bridgehead atoms. The number of rotatable bonds is 7. The monoisotopic (exact) mass is 535 g/mol. The van der Waals surface area contributed by atoms with Crippen LogP contribution in [0.2, 0.25) is 0 Å². The first kappa shape index (κ1) is 29.3. The molecule has 11 heteroatoms. The van der Waals surface area contributed by atoms with Gasteiger partial charge < -0.3 is 15.0 Å². The number of carbonyl (C=O) groups is 1. The molecule has 1 aliphatic carbocycles. The lowest BCUT2D eigenvalue weighted by Gasteiger charge is -2.38. The fourth-order valence-electron chi connectivity index (χ4n) is 5.50. The van der Waals surface area contributed by atoms with Crippen molar-refractivity contribution in [3.8, 4) is 0 Å². The van der Waals surface area contributed by atoms with Gasteiger partial charge in [-0.3, -0.25) is 4.79 Å². The Balaban J connectivity index is 1.56. The molecule has 1 saturated carbocycles. The normalized spacial score (nSPS) is 23.4. The Morgan fingerprint density at radius 1 is 1.00 bits per heavy atom. The third-order valence-electron chi connectivity index (χ3n) is 7.96. The summed E-state index contributed by atoms with van der Waals surface area (Å²) in [6.07, 6.45) is -1.90. The van der Waals surface area contributed by atoms with E-state index in [1.807, 2.05) is 0 Å². The molecule has 1 unspecified atom stereocenters. The van der Waals surface area contributed by atoms with Crippen molar-refractivity contribution in [3.63, 3.8) is 0 Å².